The zero-order valence-corrected chi connectivity index (χ0v) is 18.6. The molecule has 0 spiro atoms. The standard InChI is InChI=1S/C24H32N2O4/c1-8-12-20(25(22(27)29-7)15-17(3)9-2)19-16-26(23(28)30-24(4,5)6)21-14-11-10-13-18(19)21/h8,10-11,13-14,16,20H,1,3,9,12,15H2,2,4-7H3. The van der Waals surface area contributed by atoms with Crippen molar-refractivity contribution in [3.63, 3.8) is 0 Å². The SMILES string of the molecule is C=CCC(c1cn(C(=O)OC(C)(C)C)c2ccccc12)N(CC(=C)CC)C(=O)OC. The van der Waals surface area contributed by atoms with Gasteiger partial charge in [0, 0.05) is 23.7 Å². The van der Waals surface area contributed by atoms with E-state index in [9.17, 15) is 9.59 Å². The highest BCUT2D eigenvalue weighted by Gasteiger charge is 2.30. The summed E-state index contributed by atoms with van der Waals surface area (Å²) in [5.74, 6) is 0. The van der Waals surface area contributed by atoms with E-state index < -0.39 is 17.8 Å². The topological polar surface area (TPSA) is 60.8 Å². The fourth-order valence-corrected chi connectivity index (χ4v) is 3.29. The molecule has 0 saturated heterocycles. The zero-order valence-electron chi connectivity index (χ0n) is 18.6. The molecule has 1 atom stereocenters. The molecule has 0 N–H and O–H groups in total. The number of rotatable bonds is 7. The highest BCUT2D eigenvalue weighted by atomic mass is 16.6. The molecule has 162 valence electrons. The first-order chi connectivity index (χ1) is 14.1. The van der Waals surface area contributed by atoms with Gasteiger partial charge in [0.25, 0.3) is 0 Å². The van der Waals surface area contributed by atoms with E-state index in [2.05, 4.69) is 13.2 Å². The van der Waals surface area contributed by atoms with Gasteiger partial charge in [0.15, 0.2) is 0 Å². The molecule has 1 aromatic carbocycles. The van der Waals surface area contributed by atoms with Crippen LogP contribution in [0.1, 0.15) is 52.1 Å². The highest BCUT2D eigenvalue weighted by molar-refractivity contribution is 5.92. The Balaban J connectivity index is 2.63. The largest absolute Gasteiger partial charge is 0.453 e. The van der Waals surface area contributed by atoms with E-state index in [4.69, 9.17) is 9.47 Å². The number of hydrogen-bond donors (Lipinski definition) is 0. The summed E-state index contributed by atoms with van der Waals surface area (Å²) in [6.45, 7) is 15.7. The molecular weight excluding hydrogens is 380 g/mol. The third-order valence-electron chi connectivity index (χ3n) is 4.76. The van der Waals surface area contributed by atoms with Crippen molar-refractivity contribution in [1.29, 1.82) is 0 Å². The van der Waals surface area contributed by atoms with Gasteiger partial charge in [-0.1, -0.05) is 43.4 Å². The number of amides is 1. The molecule has 0 fully saturated rings. The van der Waals surface area contributed by atoms with Crippen LogP contribution in [0.5, 0.6) is 0 Å². The zero-order chi connectivity index (χ0) is 22.5. The van der Waals surface area contributed by atoms with Gasteiger partial charge >= 0.3 is 12.2 Å². The third-order valence-corrected chi connectivity index (χ3v) is 4.76. The molecule has 2 rings (SSSR count). The van der Waals surface area contributed by atoms with E-state index in [0.717, 1.165) is 28.5 Å². The molecule has 0 bridgehead atoms. The maximum absolute atomic E-state index is 12.9. The summed E-state index contributed by atoms with van der Waals surface area (Å²) in [7, 11) is 1.36. The Kier molecular flexibility index (Phi) is 7.48. The number of para-hydroxylation sites is 1. The molecule has 6 nitrogen and oxygen atoms in total. The number of nitrogens with zero attached hydrogens (tertiary/aromatic N) is 2. The average Bonchev–Trinajstić information content (AvgIpc) is 3.08. The molecule has 2 aromatic rings. The molecule has 1 heterocycles. The molecule has 1 unspecified atom stereocenters. The summed E-state index contributed by atoms with van der Waals surface area (Å²) in [4.78, 5) is 27.1. The van der Waals surface area contributed by atoms with E-state index in [-0.39, 0.29) is 6.04 Å². The van der Waals surface area contributed by atoms with Crippen LogP contribution in [0, 0.1) is 0 Å². The van der Waals surface area contributed by atoms with Gasteiger partial charge in [-0.05, 0) is 39.7 Å². The van der Waals surface area contributed by atoms with Crippen molar-refractivity contribution < 1.29 is 19.1 Å². The monoisotopic (exact) mass is 412 g/mol. The van der Waals surface area contributed by atoms with Gasteiger partial charge in [-0.15, -0.1) is 6.58 Å². The summed E-state index contributed by atoms with van der Waals surface area (Å²) in [5.41, 5.74) is 1.83. The van der Waals surface area contributed by atoms with Gasteiger partial charge in [0.1, 0.15) is 5.60 Å². The van der Waals surface area contributed by atoms with Crippen molar-refractivity contribution in [1.82, 2.24) is 9.47 Å². The second kappa shape index (κ2) is 9.65. The lowest BCUT2D eigenvalue weighted by Gasteiger charge is -2.30. The lowest BCUT2D eigenvalue weighted by atomic mass is 10.0. The van der Waals surface area contributed by atoms with Crippen LogP contribution in [0.25, 0.3) is 10.9 Å². The molecule has 0 aliphatic heterocycles. The lowest BCUT2D eigenvalue weighted by molar-refractivity contribution is 0.0544. The Bertz CT molecular complexity index is 936. The molecule has 1 aromatic heterocycles. The summed E-state index contributed by atoms with van der Waals surface area (Å²) < 4.78 is 12.1. The van der Waals surface area contributed by atoms with Crippen molar-refractivity contribution in [2.75, 3.05) is 13.7 Å². The predicted molar refractivity (Wildman–Crippen MR) is 120 cm³/mol. The Labute approximate surface area is 178 Å². The summed E-state index contributed by atoms with van der Waals surface area (Å²) in [5, 5.41) is 0.867. The van der Waals surface area contributed by atoms with Crippen LogP contribution in [-0.4, -0.2) is 40.9 Å². The molecule has 6 heteroatoms. The first kappa shape index (κ1) is 23.3. The fraction of sp³-hybridized carbons (Fsp3) is 0.417. The van der Waals surface area contributed by atoms with Crippen molar-refractivity contribution in [2.45, 2.75) is 52.2 Å². The van der Waals surface area contributed by atoms with Crippen LogP contribution in [0.3, 0.4) is 0 Å². The third kappa shape index (κ3) is 5.32. The van der Waals surface area contributed by atoms with Crippen molar-refractivity contribution in [2.24, 2.45) is 0 Å². The van der Waals surface area contributed by atoms with Gasteiger partial charge in [-0.25, -0.2) is 9.59 Å². The maximum Gasteiger partial charge on any atom is 0.419 e. The summed E-state index contributed by atoms with van der Waals surface area (Å²) in [6.07, 6.45) is 3.82. The van der Waals surface area contributed by atoms with Crippen LogP contribution in [0.4, 0.5) is 9.59 Å². The van der Waals surface area contributed by atoms with Gasteiger partial charge in [-0.3, -0.25) is 9.47 Å². The van der Waals surface area contributed by atoms with E-state index in [1.807, 2.05) is 52.0 Å². The Morgan fingerprint density at radius 3 is 2.50 bits per heavy atom. The lowest BCUT2D eigenvalue weighted by Crippen LogP contribution is -2.36. The van der Waals surface area contributed by atoms with Gasteiger partial charge < -0.3 is 9.47 Å². The van der Waals surface area contributed by atoms with E-state index in [1.54, 1.807) is 17.2 Å². The molecule has 0 aliphatic carbocycles. The second-order valence-electron chi connectivity index (χ2n) is 8.19. The highest BCUT2D eigenvalue weighted by Crippen LogP contribution is 2.34. The normalized spacial score (nSPS) is 12.3. The molecule has 0 saturated carbocycles. The smallest absolute Gasteiger partial charge is 0.419 e. The van der Waals surface area contributed by atoms with E-state index in [1.165, 1.54) is 11.7 Å². The van der Waals surface area contributed by atoms with Crippen LogP contribution >= 0.6 is 0 Å². The van der Waals surface area contributed by atoms with Crippen LogP contribution < -0.4 is 0 Å². The number of carbonyl (C=O) groups is 2. The Hall–Kier alpha value is -3.02. The minimum Gasteiger partial charge on any atom is -0.453 e. The van der Waals surface area contributed by atoms with E-state index in [0.29, 0.717) is 13.0 Å². The summed E-state index contributed by atoms with van der Waals surface area (Å²) in [6, 6.07) is 7.20. The van der Waals surface area contributed by atoms with Gasteiger partial charge in [0.2, 0.25) is 0 Å². The number of methoxy groups -OCH3 is 1. The van der Waals surface area contributed by atoms with Crippen molar-refractivity contribution in [3.8, 4) is 0 Å². The fourth-order valence-electron chi connectivity index (χ4n) is 3.29. The van der Waals surface area contributed by atoms with Gasteiger partial charge in [-0.2, -0.15) is 0 Å². The van der Waals surface area contributed by atoms with Crippen molar-refractivity contribution >= 4 is 23.1 Å². The molecular formula is C24H32N2O4. The van der Waals surface area contributed by atoms with E-state index >= 15 is 0 Å². The molecule has 1 amide bonds. The minimum atomic E-state index is -0.625. The summed E-state index contributed by atoms with van der Waals surface area (Å²) >= 11 is 0. The quantitative estimate of drug-likeness (QED) is 0.517. The Morgan fingerprint density at radius 1 is 1.27 bits per heavy atom. The predicted octanol–water partition coefficient (Wildman–Crippen LogP) is 6.08. The van der Waals surface area contributed by atoms with Crippen LogP contribution in [0.2, 0.25) is 0 Å². The van der Waals surface area contributed by atoms with Gasteiger partial charge in [0.05, 0.1) is 18.7 Å². The molecule has 0 aliphatic rings. The molecule has 0 radical (unpaired) electrons. The van der Waals surface area contributed by atoms with Crippen LogP contribution in [-0.2, 0) is 9.47 Å². The number of benzene rings is 1. The Morgan fingerprint density at radius 2 is 1.93 bits per heavy atom. The maximum atomic E-state index is 12.9. The second-order valence-corrected chi connectivity index (χ2v) is 8.19. The average molecular weight is 413 g/mol. The first-order valence-electron chi connectivity index (χ1n) is 10.1. The van der Waals surface area contributed by atoms with Crippen molar-refractivity contribution in [3.05, 3.63) is 60.8 Å². The number of aromatic nitrogens is 1. The van der Waals surface area contributed by atoms with Crippen LogP contribution in [0.15, 0.2) is 55.3 Å². The minimum absolute atomic E-state index is 0.355. The molecule has 30 heavy (non-hydrogen) atoms. The first-order valence-corrected chi connectivity index (χ1v) is 10.1. The number of hydrogen-bond acceptors (Lipinski definition) is 4. The number of ether oxygens (including phenoxy) is 2. The number of carbonyl (C=O) groups excluding carboxylic acids is 2. The number of fused-ring (bicyclic) bond motifs is 1.